The van der Waals surface area contributed by atoms with Crippen LogP contribution in [0.1, 0.15) is 22.3 Å². The second-order valence-electron chi connectivity index (χ2n) is 16.0. The van der Waals surface area contributed by atoms with Crippen LogP contribution >= 0.6 is 11.3 Å². The van der Waals surface area contributed by atoms with Crippen LogP contribution in [0.15, 0.2) is 212 Å². The summed E-state index contributed by atoms with van der Waals surface area (Å²) in [6.07, 6.45) is 0. The van der Waals surface area contributed by atoms with Crippen molar-refractivity contribution in [2.75, 3.05) is 4.90 Å². The first-order chi connectivity index (χ1) is 29.3. The van der Waals surface area contributed by atoms with Gasteiger partial charge in [-0.1, -0.05) is 164 Å². The molecule has 0 saturated heterocycles. The summed E-state index contributed by atoms with van der Waals surface area (Å²) in [5, 5.41) is 7.61. The molecule has 59 heavy (non-hydrogen) atoms. The molecule has 0 fully saturated rings. The quantitative estimate of drug-likeness (QED) is 0.161. The molecular formula is C57H35NS. The van der Waals surface area contributed by atoms with Crippen LogP contribution in [-0.4, -0.2) is 0 Å². The van der Waals surface area contributed by atoms with Crippen molar-refractivity contribution in [1.82, 2.24) is 0 Å². The monoisotopic (exact) mass is 765 g/mol. The molecule has 0 unspecified atom stereocenters. The fourth-order valence-electron chi connectivity index (χ4n) is 10.6. The Morgan fingerprint density at radius 1 is 0.339 bits per heavy atom. The van der Waals surface area contributed by atoms with Crippen molar-refractivity contribution in [2.24, 2.45) is 0 Å². The molecule has 10 aromatic carbocycles. The van der Waals surface area contributed by atoms with E-state index in [1.54, 1.807) is 0 Å². The van der Waals surface area contributed by atoms with E-state index < -0.39 is 5.41 Å². The first kappa shape index (κ1) is 32.8. The number of hydrogen-bond acceptors (Lipinski definition) is 2. The SMILES string of the molecule is c1ccc2c(c1)-c1ccccc1C21c2ccccc2-c2ccc(N(c3ccc(-c4ccc5sc6ccccc6c5c4)cc3)c3cccc4ccc5ccccc5c34)cc21. The Bertz CT molecular complexity index is 3450. The number of thiophene rings is 1. The molecule has 1 spiro atoms. The predicted octanol–water partition coefficient (Wildman–Crippen LogP) is 15.8. The number of fused-ring (bicyclic) bond motifs is 16. The van der Waals surface area contributed by atoms with E-state index in [-0.39, 0.29) is 0 Å². The van der Waals surface area contributed by atoms with Crippen molar-refractivity contribution in [3.63, 3.8) is 0 Å². The molecule has 2 aliphatic carbocycles. The van der Waals surface area contributed by atoms with Gasteiger partial charge < -0.3 is 4.90 Å². The average molecular weight is 766 g/mol. The van der Waals surface area contributed by atoms with Crippen molar-refractivity contribution < 1.29 is 0 Å². The van der Waals surface area contributed by atoms with Crippen LogP contribution in [0, 0.1) is 0 Å². The van der Waals surface area contributed by atoms with E-state index in [1.807, 2.05) is 11.3 Å². The first-order valence-electron chi connectivity index (χ1n) is 20.4. The molecule has 13 rings (SSSR count). The van der Waals surface area contributed by atoms with E-state index >= 15 is 0 Å². The molecule has 11 aromatic rings. The summed E-state index contributed by atoms with van der Waals surface area (Å²) in [7, 11) is 0. The van der Waals surface area contributed by atoms with Crippen molar-refractivity contribution >= 4 is 70.1 Å². The van der Waals surface area contributed by atoms with Crippen LogP contribution in [0.5, 0.6) is 0 Å². The normalized spacial score (nSPS) is 13.2. The molecule has 1 heterocycles. The Morgan fingerprint density at radius 3 is 1.64 bits per heavy atom. The fraction of sp³-hybridized carbons (Fsp3) is 0.0175. The summed E-state index contributed by atoms with van der Waals surface area (Å²) >= 11 is 1.87. The summed E-state index contributed by atoms with van der Waals surface area (Å²) in [6.45, 7) is 0. The Kier molecular flexibility index (Phi) is 6.87. The van der Waals surface area contributed by atoms with Gasteiger partial charge in [0.05, 0.1) is 11.1 Å². The number of hydrogen-bond donors (Lipinski definition) is 0. The maximum absolute atomic E-state index is 2.50. The molecule has 1 nitrogen and oxygen atoms in total. The zero-order chi connectivity index (χ0) is 38.7. The lowest BCUT2D eigenvalue weighted by atomic mass is 9.70. The molecule has 0 N–H and O–H groups in total. The number of nitrogens with zero attached hydrogens (tertiary/aromatic N) is 1. The zero-order valence-electron chi connectivity index (χ0n) is 32.1. The molecule has 0 amide bonds. The van der Waals surface area contributed by atoms with E-state index in [9.17, 15) is 0 Å². The van der Waals surface area contributed by atoms with Gasteiger partial charge in [0.2, 0.25) is 0 Å². The third kappa shape index (κ3) is 4.55. The van der Waals surface area contributed by atoms with Crippen molar-refractivity contribution in [3.8, 4) is 33.4 Å². The Balaban J connectivity index is 1.05. The molecule has 0 aliphatic heterocycles. The second-order valence-corrected chi connectivity index (χ2v) is 17.1. The lowest BCUT2D eigenvalue weighted by molar-refractivity contribution is 0.793. The van der Waals surface area contributed by atoms with Gasteiger partial charge in [0, 0.05) is 36.9 Å². The van der Waals surface area contributed by atoms with Crippen LogP contribution in [0.4, 0.5) is 17.1 Å². The van der Waals surface area contributed by atoms with E-state index in [0.717, 1.165) is 17.1 Å². The van der Waals surface area contributed by atoms with Gasteiger partial charge in [-0.25, -0.2) is 0 Å². The summed E-state index contributed by atoms with van der Waals surface area (Å²) < 4.78 is 2.65. The summed E-state index contributed by atoms with van der Waals surface area (Å²) in [4.78, 5) is 2.50. The van der Waals surface area contributed by atoms with Crippen LogP contribution in [0.2, 0.25) is 0 Å². The van der Waals surface area contributed by atoms with Gasteiger partial charge >= 0.3 is 0 Å². The topological polar surface area (TPSA) is 3.24 Å². The van der Waals surface area contributed by atoms with Gasteiger partial charge in [-0.15, -0.1) is 11.3 Å². The van der Waals surface area contributed by atoms with Gasteiger partial charge in [0.15, 0.2) is 0 Å². The zero-order valence-corrected chi connectivity index (χ0v) is 32.9. The second kappa shape index (κ2) is 12.4. The molecule has 0 bridgehead atoms. The van der Waals surface area contributed by atoms with Gasteiger partial charge in [-0.2, -0.15) is 0 Å². The highest BCUT2D eigenvalue weighted by Crippen LogP contribution is 2.63. The Morgan fingerprint density at radius 2 is 0.898 bits per heavy atom. The fourth-order valence-corrected chi connectivity index (χ4v) is 11.7. The first-order valence-corrected chi connectivity index (χ1v) is 21.2. The third-order valence-corrected chi connectivity index (χ3v) is 14.2. The average Bonchev–Trinajstić information content (AvgIpc) is 3.93. The highest BCUT2D eigenvalue weighted by atomic mass is 32.1. The van der Waals surface area contributed by atoms with Crippen LogP contribution in [-0.2, 0) is 5.41 Å². The van der Waals surface area contributed by atoms with Crippen LogP contribution in [0.25, 0.3) is 75.1 Å². The number of rotatable bonds is 4. The van der Waals surface area contributed by atoms with Crippen molar-refractivity contribution in [2.45, 2.75) is 5.41 Å². The van der Waals surface area contributed by atoms with E-state index in [4.69, 9.17) is 0 Å². The van der Waals surface area contributed by atoms with E-state index in [2.05, 4.69) is 217 Å². The summed E-state index contributed by atoms with van der Waals surface area (Å²) in [5.41, 5.74) is 16.1. The van der Waals surface area contributed by atoms with E-state index in [1.165, 1.54) is 97.4 Å². The molecule has 2 heteroatoms. The lowest BCUT2D eigenvalue weighted by Gasteiger charge is -2.32. The van der Waals surface area contributed by atoms with Crippen LogP contribution in [0.3, 0.4) is 0 Å². The van der Waals surface area contributed by atoms with Crippen molar-refractivity contribution in [3.05, 3.63) is 235 Å². The maximum Gasteiger partial charge on any atom is 0.0726 e. The summed E-state index contributed by atoms with van der Waals surface area (Å²) in [6, 6.07) is 79.4. The molecule has 0 radical (unpaired) electrons. The molecule has 2 aliphatic rings. The highest BCUT2D eigenvalue weighted by Gasteiger charge is 2.51. The Labute approximate surface area is 346 Å². The maximum atomic E-state index is 2.50. The number of benzene rings is 10. The smallest absolute Gasteiger partial charge is 0.0726 e. The Hall–Kier alpha value is -7.26. The lowest BCUT2D eigenvalue weighted by Crippen LogP contribution is -2.26. The highest BCUT2D eigenvalue weighted by molar-refractivity contribution is 7.25. The standard InChI is InChI=1S/C57H35NS/c1-2-14-42-37(12-1)24-25-38-13-11-22-53(56(38)42)58(40-29-26-36(27-30-40)39-28-33-55-48(34-39)47-18-6-10-23-54(47)59-55)41-31-32-46-45-17-5-9-21-51(45)57(52(46)35-41)49-19-7-3-15-43(49)44-16-4-8-20-50(44)57/h1-35H. The predicted molar refractivity (Wildman–Crippen MR) is 251 cm³/mol. The van der Waals surface area contributed by atoms with Crippen LogP contribution < -0.4 is 4.90 Å². The summed E-state index contributed by atoms with van der Waals surface area (Å²) in [5.74, 6) is 0. The minimum atomic E-state index is -0.430. The van der Waals surface area contributed by atoms with Gasteiger partial charge in [-0.05, 0) is 120 Å². The molecule has 274 valence electrons. The molecule has 0 saturated carbocycles. The van der Waals surface area contributed by atoms with Crippen molar-refractivity contribution in [1.29, 1.82) is 0 Å². The molecule has 0 atom stereocenters. The number of anilines is 3. The minimum Gasteiger partial charge on any atom is -0.310 e. The minimum absolute atomic E-state index is 0.430. The third-order valence-electron chi connectivity index (χ3n) is 13.1. The van der Waals surface area contributed by atoms with Gasteiger partial charge in [0.25, 0.3) is 0 Å². The van der Waals surface area contributed by atoms with E-state index in [0.29, 0.717) is 0 Å². The van der Waals surface area contributed by atoms with Gasteiger partial charge in [-0.3, -0.25) is 0 Å². The van der Waals surface area contributed by atoms with Gasteiger partial charge in [0.1, 0.15) is 0 Å². The molecule has 1 aromatic heterocycles. The molecular weight excluding hydrogens is 731 g/mol. The largest absolute Gasteiger partial charge is 0.310 e.